The number of hydrogen-bond acceptors (Lipinski definition) is 4. The Labute approximate surface area is 168 Å². The SMILES string of the molecule is CCC(CC)C(CNC(=O)COc1ccc2ccccc2c1)N1CCOCC1. The Kier molecular flexibility index (Phi) is 7.69. The molecule has 1 saturated heterocycles. The largest absolute Gasteiger partial charge is 0.484 e. The fourth-order valence-corrected chi connectivity index (χ4v) is 4.01. The van der Waals surface area contributed by atoms with Crippen LogP contribution in [0.4, 0.5) is 0 Å². The molecule has 0 saturated carbocycles. The molecule has 1 amide bonds. The third-order valence-corrected chi connectivity index (χ3v) is 5.71. The van der Waals surface area contributed by atoms with E-state index in [1.165, 1.54) is 0 Å². The van der Waals surface area contributed by atoms with Crippen LogP contribution in [-0.2, 0) is 9.53 Å². The van der Waals surface area contributed by atoms with Crippen LogP contribution in [0.15, 0.2) is 42.5 Å². The Morgan fingerprint density at radius 2 is 1.82 bits per heavy atom. The molecule has 1 fully saturated rings. The Hall–Kier alpha value is -2.11. The molecule has 0 spiro atoms. The number of morpholine rings is 1. The molecule has 1 aliphatic heterocycles. The van der Waals surface area contributed by atoms with Gasteiger partial charge in [0, 0.05) is 25.7 Å². The number of nitrogens with zero attached hydrogens (tertiary/aromatic N) is 1. The molecule has 5 nitrogen and oxygen atoms in total. The van der Waals surface area contributed by atoms with Gasteiger partial charge in [0.1, 0.15) is 5.75 Å². The van der Waals surface area contributed by atoms with Gasteiger partial charge in [-0.25, -0.2) is 0 Å². The van der Waals surface area contributed by atoms with Crippen molar-refractivity contribution >= 4 is 16.7 Å². The van der Waals surface area contributed by atoms with Gasteiger partial charge >= 0.3 is 0 Å². The van der Waals surface area contributed by atoms with E-state index in [0.29, 0.717) is 18.5 Å². The van der Waals surface area contributed by atoms with E-state index in [1.807, 2.05) is 36.4 Å². The van der Waals surface area contributed by atoms with Gasteiger partial charge in [-0.15, -0.1) is 0 Å². The summed E-state index contributed by atoms with van der Waals surface area (Å²) < 4.78 is 11.2. The monoisotopic (exact) mass is 384 g/mol. The van der Waals surface area contributed by atoms with Gasteiger partial charge in [-0.3, -0.25) is 9.69 Å². The minimum Gasteiger partial charge on any atom is -0.484 e. The average Bonchev–Trinajstić information content (AvgIpc) is 2.75. The van der Waals surface area contributed by atoms with Crippen LogP contribution in [0, 0.1) is 5.92 Å². The van der Waals surface area contributed by atoms with Crippen molar-refractivity contribution in [2.24, 2.45) is 5.92 Å². The van der Waals surface area contributed by atoms with Gasteiger partial charge in [0.25, 0.3) is 5.91 Å². The number of ether oxygens (including phenoxy) is 2. The second-order valence-electron chi connectivity index (χ2n) is 7.39. The van der Waals surface area contributed by atoms with E-state index in [0.717, 1.165) is 55.7 Å². The minimum atomic E-state index is -0.0719. The van der Waals surface area contributed by atoms with Gasteiger partial charge in [0.05, 0.1) is 13.2 Å². The van der Waals surface area contributed by atoms with Crippen LogP contribution in [0.3, 0.4) is 0 Å². The topological polar surface area (TPSA) is 50.8 Å². The highest BCUT2D eigenvalue weighted by atomic mass is 16.5. The number of carbonyl (C=O) groups is 1. The van der Waals surface area contributed by atoms with Crippen molar-refractivity contribution in [1.82, 2.24) is 10.2 Å². The zero-order chi connectivity index (χ0) is 19.8. The summed E-state index contributed by atoms with van der Waals surface area (Å²) in [6.07, 6.45) is 2.23. The predicted molar refractivity (Wildman–Crippen MR) is 113 cm³/mol. The molecule has 1 unspecified atom stereocenters. The average molecular weight is 385 g/mol. The van der Waals surface area contributed by atoms with Crippen LogP contribution in [-0.4, -0.2) is 56.3 Å². The maximum atomic E-state index is 12.4. The summed E-state index contributed by atoms with van der Waals surface area (Å²) in [6.45, 7) is 8.57. The number of fused-ring (bicyclic) bond motifs is 1. The van der Waals surface area contributed by atoms with Crippen LogP contribution < -0.4 is 10.1 Å². The lowest BCUT2D eigenvalue weighted by Crippen LogP contribution is -2.52. The van der Waals surface area contributed by atoms with Crippen molar-refractivity contribution in [3.05, 3.63) is 42.5 Å². The van der Waals surface area contributed by atoms with Crippen LogP contribution in [0.25, 0.3) is 10.8 Å². The number of hydrogen-bond donors (Lipinski definition) is 1. The quantitative estimate of drug-likeness (QED) is 0.719. The first-order chi connectivity index (χ1) is 13.7. The molecule has 152 valence electrons. The second-order valence-corrected chi connectivity index (χ2v) is 7.39. The molecule has 0 radical (unpaired) electrons. The van der Waals surface area contributed by atoms with Gasteiger partial charge in [-0.1, -0.05) is 57.0 Å². The molecule has 28 heavy (non-hydrogen) atoms. The van der Waals surface area contributed by atoms with Crippen LogP contribution >= 0.6 is 0 Å². The minimum absolute atomic E-state index is 0.0388. The number of rotatable bonds is 9. The molecule has 0 aromatic heterocycles. The normalized spacial score (nSPS) is 16.2. The van der Waals surface area contributed by atoms with Gasteiger partial charge in [0.2, 0.25) is 0 Å². The maximum Gasteiger partial charge on any atom is 0.257 e. The third kappa shape index (κ3) is 5.46. The highest BCUT2D eigenvalue weighted by molar-refractivity contribution is 5.84. The highest BCUT2D eigenvalue weighted by Gasteiger charge is 2.27. The molecule has 0 bridgehead atoms. The third-order valence-electron chi connectivity index (χ3n) is 5.71. The van der Waals surface area contributed by atoms with Gasteiger partial charge in [-0.2, -0.15) is 0 Å². The van der Waals surface area contributed by atoms with E-state index in [4.69, 9.17) is 9.47 Å². The Morgan fingerprint density at radius 3 is 2.54 bits per heavy atom. The molecule has 5 heteroatoms. The number of nitrogens with one attached hydrogen (secondary N) is 1. The molecule has 1 aliphatic rings. The van der Waals surface area contributed by atoms with Gasteiger partial charge in [-0.05, 0) is 28.8 Å². The Morgan fingerprint density at radius 1 is 1.11 bits per heavy atom. The second kappa shape index (κ2) is 10.4. The summed E-state index contributed by atoms with van der Waals surface area (Å²) in [5.41, 5.74) is 0. The Balaban J connectivity index is 1.53. The number of benzene rings is 2. The molecule has 3 rings (SSSR count). The lowest BCUT2D eigenvalue weighted by molar-refractivity contribution is -0.123. The first-order valence-electron chi connectivity index (χ1n) is 10.4. The standard InChI is InChI=1S/C23H32N2O3/c1-3-18(4-2)22(25-11-13-27-14-12-25)16-24-23(26)17-28-21-10-9-19-7-5-6-8-20(19)15-21/h5-10,15,18,22H,3-4,11-14,16-17H2,1-2H3,(H,24,26). The van der Waals surface area contributed by atoms with Crippen molar-refractivity contribution in [1.29, 1.82) is 0 Å². The molecular weight excluding hydrogens is 352 g/mol. The molecule has 1 atom stereocenters. The van der Waals surface area contributed by atoms with Crippen molar-refractivity contribution in [2.45, 2.75) is 32.7 Å². The first-order valence-corrected chi connectivity index (χ1v) is 10.4. The number of carbonyl (C=O) groups excluding carboxylic acids is 1. The van der Waals surface area contributed by atoms with E-state index in [-0.39, 0.29) is 12.5 Å². The smallest absolute Gasteiger partial charge is 0.257 e. The van der Waals surface area contributed by atoms with E-state index in [9.17, 15) is 4.79 Å². The maximum absolute atomic E-state index is 12.4. The van der Waals surface area contributed by atoms with E-state index >= 15 is 0 Å². The summed E-state index contributed by atoms with van der Waals surface area (Å²) in [5, 5.41) is 5.37. The van der Waals surface area contributed by atoms with Gasteiger partial charge < -0.3 is 14.8 Å². The summed E-state index contributed by atoms with van der Waals surface area (Å²) in [4.78, 5) is 14.9. The number of amides is 1. The van der Waals surface area contributed by atoms with Gasteiger partial charge in [0.15, 0.2) is 6.61 Å². The molecular formula is C23H32N2O3. The highest BCUT2D eigenvalue weighted by Crippen LogP contribution is 2.21. The van der Waals surface area contributed by atoms with Crippen LogP contribution in [0.2, 0.25) is 0 Å². The summed E-state index contributed by atoms with van der Waals surface area (Å²) >= 11 is 0. The molecule has 2 aromatic carbocycles. The van der Waals surface area contributed by atoms with Crippen molar-refractivity contribution in [3.8, 4) is 5.75 Å². The lowest BCUT2D eigenvalue weighted by Gasteiger charge is -2.38. The van der Waals surface area contributed by atoms with Crippen molar-refractivity contribution in [3.63, 3.8) is 0 Å². The van der Waals surface area contributed by atoms with E-state index in [2.05, 4.69) is 30.1 Å². The molecule has 1 heterocycles. The molecule has 2 aromatic rings. The molecule has 1 N–H and O–H groups in total. The summed E-state index contributed by atoms with van der Waals surface area (Å²) in [5.74, 6) is 1.22. The van der Waals surface area contributed by atoms with Crippen molar-refractivity contribution in [2.75, 3.05) is 39.5 Å². The molecule has 0 aliphatic carbocycles. The van der Waals surface area contributed by atoms with E-state index in [1.54, 1.807) is 0 Å². The van der Waals surface area contributed by atoms with Crippen LogP contribution in [0.5, 0.6) is 5.75 Å². The first kappa shape index (κ1) is 20.6. The zero-order valence-electron chi connectivity index (χ0n) is 17.0. The Bertz CT molecular complexity index is 754. The fourth-order valence-electron chi connectivity index (χ4n) is 4.01. The lowest BCUT2D eigenvalue weighted by atomic mass is 9.92. The summed E-state index contributed by atoms with van der Waals surface area (Å²) in [6, 6.07) is 14.4. The fraction of sp³-hybridized carbons (Fsp3) is 0.522. The summed E-state index contributed by atoms with van der Waals surface area (Å²) in [7, 11) is 0. The van der Waals surface area contributed by atoms with Crippen LogP contribution in [0.1, 0.15) is 26.7 Å². The van der Waals surface area contributed by atoms with E-state index < -0.39 is 0 Å². The predicted octanol–water partition coefficient (Wildman–Crippen LogP) is 3.47. The zero-order valence-corrected chi connectivity index (χ0v) is 17.0. The van der Waals surface area contributed by atoms with Crippen molar-refractivity contribution < 1.29 is 14.3 Å².